The van der Waals surface area contributed by atoms with Crippen molar-refractivity contribution in [3.63, 3.8) is 0 Å². The molecular formula is C9H9Cl2F2N. The van der Waals surface area contributed by atoms with Gasteiger partial charge in [-0.3, -0.25) is 0 Å². The highest BCUT2D eigenvalue weighted by Crippen LogP contribution is 2.27. The summed E-state index contributed by atoms with van der Waals surface area (Å²) < 4.78 is 25.0. The Hall–Kier alpha value is -0.380. The summed E-state index contributed by atoms with van der Waals surface area (Å²) >= 11 is 11.4. The van der Waals surface area contributed by atoms with Crippen LogP contribution in [0.15, 0.2) is 18.2 Å². The fourth-order valence-electron chi connectivity index (χ4n) is 1.17. The third-order valence-electron chi connectivity index (χ3n) is 1.87. The predicted molar refractivity (Wildman–Crippen MR) is 54.3 cm³/mol. The standard InChI is InChI=1S/C9H9Cl2F2N/c10-6-1-5(2-7(11)3-6)8(4-14)9(12)13/h1-3,8-9H,4,14H2. The van der Waals surface area contributed by atoms with E-state index >= 15 is 0 Å². The molecule has 0 fully saturated rings. The van der Waals surface area contributed by atoms with Crippen molar-refractivity contribution in [2.24, 2.45) is 5.73 Å². The van der Waals surface area contributed by atoms with E-state index in [0.717, 1.165) is 0 Å². The van der Waals surface area contributed by atoms with Crippen LogP contribution in [0.1, 0.15) is 11.5 Å². The molecule has 1 aromatic rings. The minimum Gasteiger partial charge on any atom is -0.330 e. The molecule has 0 spiro atoms. The molecule has 1 aromatic carbocycles. The van der Waals surface area contributed by atoms with Gasteiger partial charge in [-0.2, -0.15) is 0 Å². The highest BCUT2D eigenvalue weighted by atomic mass is 35.5. The summed E-state index contributed by atoms with van der Waals surface area (Å²) in [5, 5.41) is 0.679. The molecule has 0 saturated heterocycles. The molecule has 78 valence electrons. The van der Waals surface area contributed by atoms with Gasteiger partial charge in [0.2, 0.25) is 6.43 Å². The minimum absolute atomic E-state index is 0.131. The van der Waals surface area contributed by atoms with Crippen molar-refractivity contribution in [1.82, 2.24) is 0 Å². The lowest BCUT2D eigenvalue weighted by Crippen LogP contribution is -2.19. The maximum atomic E-state index is 12.5. The number of benzene rings is 1. The van der Waals surface area contributed by atoms with Gasteiger partial charge in [0.1, 0.15) is 0 Å². The number of alkyl halides is 2. The second-order valence-corrected chi connectivity index (χ2v) is 3.75. The Balaban J connectivity index is 3.04. The fourth-order valence-corrected chi connectivity index (χ4v) is 1.72. The van der Waals surface area contributed by atoms with Crippen molar-refractivity contribution in [3.05, 3.63) is 33.8 Å². The topological polar surface area (TPSA) is 26.0 Å². The molecule has 0 aliphatic heterocycles. The Morgan fingerprint density at radius 3 is 2.00 bits per heavy atom. The van der Waals surface area contributed by atoms with Gasteiger partial charge in [-0.25, -0.2) is 8.78 Å². The SMILES string of the molecule is NCC(c1cc(Cl)cc(Cl)c1)C(F)F. The van der Waals surface area contributed by atoms with E-state index in [-0.39, 0.29) is 6.54 Å². The molecule has 0 radical (unpaired) electrons. The number of halogens is 4. The quantitative estimate of drug-likeness (QED) is 0.861. The zero-order chi connectivity index (χ0) is 10.7. The molecule has 5 heteroatoms. The first-order valence-corrected chi connectivity index (χ1v) is 4.74. The first kappa shape index (κ1) is 11.7. The molecule has 0 bridgehead atoms. The van der Waals surface area contributed by atoms with Gasteiger partial charge in [-0.1, -0.05) is 23.2 Å². The van der Waals surface area contributed by atoms with E-state index < -0.39 is 12.3 Å². The van der Waals surface area contributed by atoms with Gasteiger partial charge in [-0.15, -0.1) is 0 Å². The molecular weight excluding hydrogens is 231 g/mol. The number of hydrogen-bond acceptors (Lipinski definition) is 1. The summed E-state index contributed by atoms with van der Waals surface area (Å²) in [7, 11) is 0. The molecule has 1 unspecified atom stereocenters. The van der Waals surface area contributed by atoms with E-state index in [9.17, 15) is 8.78 Å². The van der Waals surface area contributed by atoms with E-state index in [1.807, 2.05) is 0 Å². The monoisotopic (exact) mass is 239 g/mol. The minimum atomic E-state index is -2.51. The van der Waals surface area contributed by atoms with Crippen molar-refractivity contribution in [2.75, 3.05) is 6.54 Å². The predicted octanol–water partition coefficient (Wildman–Crippen LogP) is 3.30. The number of rotatable bonds is 3. The lowest BCUT2D eigenvalue weighted by atomic mass is 10.00. The van der Waals surface area contributed by atoms with Gasteiger partial charge >= 0.3 is 0 Å². The third kappa shape index (κ3) is 2.80. The maximum Gasteiger partial charge on any atom is 0.246 e. The molecule has 0 aliphatic rings. The number of nitrogens with two attached hydrogens (primary N) is 1. The second kappa shape index (κ2) is 4.91. The molecule has 2 N–H and O–H groups in total. The second-order valence-electron chi connectivity index (χ2n) is 2.88. The summed E-state index contributed by atoms with van der Waals surface area (Å²) in [6.07, 6.45) is -2.51. The Labute approximate surface area is 90.8 Å². The van der Waals surface area contributed by atoms with Crippen LogP contribution in [0.25, 0.3) is 0 Å². The summed E-state index contributed by atoms with van der Waals surface area (Å²) in [5.41, 5.74) is 5.61. The Bertz CT molecular complexity index is 297. The van der Waals surface area contributed by atoms with Crippen molar-refractivity contribution in [2.45, 2.75) is 12.3 Å². The average Bonchev–Trinajstić information content (AvgIpc) is 2.02. The molecule has 0 heterocycles. The summed E-state index contributed by atoms with van der Waals surface area (Å²) in [6, 6.07) is 4.40. The average molecular weight is 240 g/mol. The highest BCUT2D eigenvalue weighted by molar-refractivity contribution is 6.34. The van der Waals surface area contributed by atoms with Gasteiger partial charge in [0.05, 0.1) is 5.92 Å². The third-order valence-corrected chi connectivity index (χ3v) is 2.31. The smallest absolute Gasteiger partial charge is 0.246 e. The van der Waals surface area contributed by atoms with E-state index in [1.54, 1.807) is 0 Å². The first-order valence-electron chi connectivity index (χ1n) is 3.98. The van der Waals surface area contributed by atoms with Gasteiger partial charge in [0.15, 0.2) is 0 Å². The highest BCUT2D eigenvalue weighted by Gasteiger charge is 2.21. The van der Waals surface area contributed by atoms with E-state index in [1.165, 1.54) is 18.2 Å². The van der Waals surface area contributed by atoms with E-state index in [4.69, 9.17) is 28.9 Å². The van der Waals surface area contributed by atoms with E-state index in [0.29, 0.717) is 15.6 Å². The first-order chi connectivity index (χ1) is 6.54. The van der Waals surface area contributed by atoms with Crippen LogP contribution >= 0.6 is 23.2 Å². The Morgan fingerprint density at radius 2 is 1.64 bits per heavy atom. The van der Waals surface area contributed by atoms with Crippen LogP contribution in [0.3, 0.4) is 0 Å². The lowest BCUT2D eigenvalue weighted by Gasteiger charge is -2.14. The molecule has 1 nitrogen and oxygen atoms in total. The molecule has 0 aliphatic carbocycles. The normalized spacial score (nSPS) is 13.3. The molecule has 14 heavy (non-hydrogen) atoms. The zero-order valence-corrected chi connectivity index (χ0v) is 8.69. The largest absolute Gasteiger partial charge is 0.330 e. The van der Waals surface area contributed by atoms with Crippen molar-refractivity contribution >= 4 is 23.2 Å². The van der Waals surface area contributed by atoms with Gasteiger partial charge in [-0.05, 0) is 23.8 Å². The summed E-state index contributed by atoms with van der Waals surface area (Å²) in [4.78, 5) is 0. The molecule has 0 amide bonds. The van der Waals surface area contributed by atoms with Crippen LogP contribution in [0.2, 0.25) is 10.0 Å². The van der Waals surface area contributed by atoms with Crippen LogP contribution in [-0.2, 0) is 0 Å². The molecule has 1 atom stereocenters. The van der Waals surface area contributed by atoms with Crippen LogP contribution < -0.4 is 5.73 Å². The van der Waals surface area contributed by atoms with E-state index in [2.05, 4.69) is 0 Å². The fraction of sp³-hybridized carbons (Fsp3) is 0.333. The van der Waals surface area contributed by atoms with Crippen LogP contribution in [0.5, 0.6) is 0 Å². The van der Waals surface area contributed by atoms with Crippen LogP contribution in [0.4, 0.5) is 8.78 Å². The maximum absolute atomic E-state index is 12.5. The van der Waals surface area contributed by atoms with Gasteiger partial charge in [0.25, 0.3) is 0 Å². The van der Waals surface area contributed by atoms with Crippen LogP contribution in [-0.4, -0.2) is 13.0 Å². The Kier molecular flexibility index (Phi) is 4.11. The molecule has 0 aromatic heterocycles. The zero-order valence-electron chi connectivity index (χ0n) is 7.18. The molecule has 1 rings (SSSR count). The lowest BCUT2D eigenvalue weighted by molar-refractivity contribution is 0.117. The van der Waals surface area contributed by atoms with Crippen LogP contribution in [0, 0.1) is 0 Å². The van der Waals surface area contributed by atoms with Crippen molar-refractivity contribution in [3.8, 4) is 0 Å². The van der Waals surface area contributed by atoms with Gasteiger partial charge < -0.3 is 5.73 Å². The summed E-state index contributed by atoms with van der Waals surface area (Å²) in [6.45, 7) is -0.131. The summed E-state index contributed by atoms with van der Waals surface area (Å²) in [5.74, 6) is -1.01. The number of hydrogen-bond donors (Lipinski definition) is 1. The molecule has 0 saturated carbocycles. The van der Waals surface area contributed by atoms with Crippen molar-refractivity contribution < 1.29 is 8.78 Å². The van der Waals surface area contributed by atoms with Crippen molar-refractivity contribution in [1.29, 1.82) is 0 Å². The van der Waals surface area contributed by atoms with Gasteiger partial charge in [0, 0.05) is 16.6 Å². The Morgan fingerprint density at radius 1 is 1.14 bits per heavy atom.